The lowest BCUT2D eigenvalue weighted by Gasteiger charge is -2.31. The molecule has 2 heterocycles. The molecule has 0 bridgehead atoms. The summed E-state index contributed by atoms with van der Waals surface area (Å²) >= 11 is 4.94. The maximum atomic E-state index is 12.9. The van der Waals surface area contributed by atoms with Crippen molar-refractivity contribution in [1.82, 2.24) is 9.55 Å². The van der Waals surface area contributed by atoms with Gasteiger partial charge in [-0.1, -0.05) is 25.5 Å². The second-order valence-corrected chi connectivity index (χ2v) is 11.8. The molecule has 0 N–H and O–H groups in total. The molecule has 5 nitrogen and oxygen atoms in total. The van der Waals surface area contributed by atoms with E-state index in [-0.39, 0.29) is 23.5 Å². The van der Waals surface area contributed by atoms with E-state index in [4.69, 9.17) is 4.98 Å². The summed E-state index contributed by atoms with van der Waals surface area (Å²) in [4.78, 5) is 31.1. The number of carbonyl (C=O) groups excluding carboxylic acids is 2. The highest BCUT2D eigenvalue weighted by atomic mass is 79.9. The van der Waals surface area contributed by atoms with Gasteiger partial charge in [0.15, 0.2) is 11.6 Å². The summed E-state index contributed by atoms with van der Waals surface area (Å²) in [6.45, 7) is 1.86. The molecule has 2 aromatic carbocycles. The first kappa shape index (κ1) is 24.6. The number of hydrogen-bond acceptors (Lipinski definition) is 5. The summed E-state index contributed by atoms with van der Waals surface area (Å²) in [6, 6.07) is 19.6. The van der Waals surface area contributed by atoms with Crippen LogP contribution in [0.1, 0.15) is 77.1 Å². The monoisotopic (exact) mass is 559 g/mol. The van der Waals surface area contributed by atoms with Crippen molar-refractivity contribution in [2.45, 2.75) is 51.5 Å². The van der Waals surface area contributed by atoms with Gasteiger partial charge in [0.1, 0.15) is 5.82 Å². The third-order valence-electron chi connectivity index (χ3n) is 7.06. The molecule has 0 unspecified atom stereocenters. The van der Waals surface area contributed by atoms with Crippen LogP contribution in [0.4, 0.5) is 0 Å². The molecule has 0 aliphatic heterocycles. The number of hydrogen-bond donors (Lipinski definition) is 0. The molecule has 182 valence electrons. The highest BCUT2D eigenvalue weighted by Crippen LogP contribution is 2.40. The summed E-state index contributed by atoms with van der Waals surface area (Å²) in [5, 5.41) is 9.78. The first-order valence-corrected chi connectivity index (χ1v) is 13.9. The van der Waals surface area contributed by atoms with E-state index in [1.807, 2.05) is 61.5 Å². The molecule has 0 radical (unpaired) electrons. The van der Waals surface area contributed by atoms with Crippen LogP contribution in [0.25, 0.3) is 22.4 Å². The van der Waals surface area contributed by atoms with Gasteiger partial charge in [-0.2, -0.15) is 5.26 Å². The maximum Gasteiger partial charge on any atom is 0.173 e. The van der Waals surface area contributed by atoms with Gasteiger partial charge in [-0.25, -0.2) is 4.98 Å². The third-order valence-corrected chi connectivity index (χ3v) is 8.73. The molecule has 2 atom stereocenters. The molecule has 1 saturated carbocycles. The van der Waals surface area contributed by atoms with Crippen LogP contribution in [0.15, 0.2) is 58.4 Å². The number of ketones is 2. The number of nitriles is 1. The molecule has 36 heavy (non-hydrogen) atoms. The van der Waals surface area contributed by atoms with Gasteiger partial charge in [-0.15, -0.1) is 11.3 Å². The van der Waals surface area contributed by atoms with E-state index in [0.717, 1.165) is 56.8 Å². The SMILES string of the molecule is CCC(=O)c1ccc2c(c1)nc(-c1ccccc1C#N)n2[C@H]1CCC[C@@H](CC(=O)c2ccc(Br)s2)C1. The Kier molecular flexibility index (Phi) is 7.17. The van der Waals surface area contributed by atoms with Crippen LogP contribution in [0.2, 0.25) is 0 Å². The van der Waals surface area contributed by atoms with Crippen LogP contribution < -0.4 is 0 Å². The number of carbonyl (C=O) groups is 2. The average molecular weight is 561 g/mol. The molecule has 5 rings (SSSR count). The molecule has 7 heteroatoms. The normalized spacial score (nSPS) is 17.7. The average Bonchev–Trinajstić information content (AvgIpc) is 3.51. The second-order valence-electron chi connectivity index (χ2n) is 9.36. The lowest BCUT2D eigenvalue weighted by Crippen LogP contribution is -2.22. The van der Waals surface area contributed by atoms with E-state index < -0.39 is 0 Å². The van der Waals surface area contributed by atoms with Crippen molar-refractivity contribution >= 4 is 49.9 Å². The van der Waals surface area contributed by atoms with E-state index in [2.05, 4.69) is 26.6 Å². The van der Waals surface area contributed by atoms with Crippen LogP contribution in [0.3, 0.4) is 0 Å². The van der Waals surface area contributed by atoms with E-state index >= 15 is 0 Å². The molecule has 1 aliphatic carbocycles. The molecular weight excluding hydrogens is 534 g/mol. The molecule has 2 aromatic heterocycles. The lowest BCUT2D eigenvalue weighted by molar-refractivity contribution is 0.0944. The van der Waals surface area contributed by atoms with Gasteiger partial charge in [0.25, 0.3) is 0 Å². The zero-order valence-electron chi connectivity index (χ0n) is 20.0. The summed E-state index contributed by atoms with van der Waals surface area (Å²) in [6.07, 6.45) is 4.90. The first-order valence-electron chi connectivity index (χ1n) is 12.3. The summed E-state index contributed by atoms with van der Waals surface area (Å²) in [5.41, 5.74) is 3.75. The van der Waals surface area contributed by atoms with Crippen LogP contribution in [0, 0.1) is 17.2 Å². The molecule has 1 fully saturated rings. The van der Waals surface area contributed by atoms with Crippen LogP contribution in [-0.2, 0) is 0 Å². The van der Waals surface area contributed by atoms with Crippen molar-refractivity contribution in [3.8, 4) is 17.5 Å². The maximum absolute atomic E-state index is 12.9. The van der Waals surface area contributed by atoms with Crippen LogP contribution >= 0.6 is 27.3 Å². The van der Waals surface area contributed by atoms with E-state index in [1.54, 1.807) is 0 Å². The largest absolute Gasteiger partial charge is 0.321 e. The molecule has 0 amide bonds. The molecule has 0 spiro atoms. The highest BCUT2D eigenvalue weighted by Gasteiger charge is 2.29. The lowest BCUT2D eigenvalue weighted by atomic mass is 9.82. The number of rotatable bonds is 7. The number of halogens is 1. The zero-order chi connectivity index (χ0) is 25.2. The van der Waals surface area contributed by atoms with Crippen molar-refractivity contribution in [2.24, 2.45) is 5.92 Å². The van der Waals surface area contributed by atoms with E-state index in [1.165, 1.54) is 11.3 Å². The quantitative estimate of drug-likeness (QED) is 0.215. The predicted octanol–water partition coefficient (Wildman–Crippen LogP) is 8.00. The van der Waals surface area contributed by atoms with E-state index in [0.29, 0.717) is 24.0 Å². The fraction of sp³-hybridized carbons (Fsp3) is 0.310. The number of fused-ring (bicyclic) bond motifs is 1. The van der Waals surface area contributed by atoms with Crippen molar-refractivity contribution in [2.75, 3.05) is 0 Å². The minimum Gasteiger partial charge on any atom is -0.321 e. The third kappa shape index (κ3) is 4.80. The Morgan fingerprint density at radius 3 is 2.72 bits per heavy atom. The number of imidazole rings is 1. The van der Waals surface area contributed by atoms with Gasteiger partial charge in [0.2, 0.25) is 0 Å². The van der Waals surface area contributed by atoms with Crippen molar-refractivity contribution in [3.05, 3.63) is 74.4 Å². The molecule has 1 aliphatic rings. The van der Waals surface area contributed by atoms with Crippen LogP contribution in [-0.4, -0.2) is 21.1 Å². The fourth-order valence-electron chi connectivity index (χ4n) is 5.32. The van der Waals surface area contributed by atoms with Crippen molar-refractivity contribution < 1.29 is 9.59 Å². The van der Waals surface area contributed by atoms with Gasteiger partial charge in [0.05, 0.1) is 31.3 Å². The van der Waals surface area contributed by atoms with Gasteiger partial charge < -0.3 is 4.57 Å². The van der Waals surface area contributed by atoms with Gasteiger partial charge >= 0.3 is 0 Å². The second kappa shape index (κ2) is 10.5. The number of thiophene rings is 1. The number of Topliss-reactive ketones (excluding diaryl/α,β-unsaturated/α-hetero) is 2. The number of benzene rings is 2. The molecule has 4 aromatic rings. The molecular formula is C29H26BrN3O2S. The van der Waals surface area contributed by atoms with Crippen LogP contribution in [0.5, 0.6) is 0 Å². The summed E-state index contributed by atoms with van der Waals surface area (Å²) < 4.78 is 3.23. The Morgan fingerprint density at radius 2 is 1.97 bits per heavy atom. The highest BCUT2D eigenvalue weighted by molar-refractivity contribution is 9.11. The predicted molar refractivity (Wildman–Crippen MR) is 146 cm³/mol. The standard InChI is InChI=1S/C29H26BrN3O2S/c1-2-25(34)19-10-11-24-23(16-19)32-29(22-9-4-3-7-20(22)17-31)33(24)21-8-5-6-18(14-21)15-26(35)27-12-13-28(30)36-27/h3-4,7,9-13,16,18,21H,2,5-6,8,14-15H2,1H3/t18-,21+/m1/s1. The minimum atomic E-state index is 0.0851. The topological polar surface area (TPSA) is 75.8 Å². The zero-order valence-corrected chi connectivity index (χ0v) is 22.4. The number of nitrogens with zero attached hydrogens (tertiary/aromatic N) is 3. The number of aromatic nitrogens is 2. The van der Waals surface area contributed by atoms with Gasteiger partial charge in [-0.05, 0) is 83.6 Å². The van der Waals surface area contributed by atoms with E-state index in [9.17, 15) is 14.9 Å². The Hall–Kier alpha value is -3.08. The minimum absolute atomic E-state index is 0.0851. The Labute approximate surface area is 222 Å². The Morgan fingerprint density at radius 1 is 1.14 bits per heavy atom. The van der Waals surface area contributed by atoms with Crippen molar-refractivity contribution in [1.29, 1.82) is 5.26 Å². The Balaban J connectivity index is 1.54. The van der Waals surface area contributed by atoms with Crippen molar-refractivity contribution in [3.63, 3.8) is 0 Å². The molecule has 0 saturated heterocycles. The first-order chi connectivity index (χ1) is 17.5. The van der Waals surface area contributed by atoms with Gasteiger partial charge in [0, 0.05) is 30.0 Å². The fourth-order valence-corrected chi connectivity index (χ4v) is 6.66. The van der Waals surface area contributed by atoms with Gasteiger partial charge in [-0.3, -0.25) is 9.59 Å². The Bertz CT molecular complexity index is 1500. The smallest absolute Gasteiger partial charge is 0.173 e. The summed E-state index contributed by atoms with van der Waals surface area (Å²) in [7, 11) is 0. The summed E-state index contributed by atoms with van der Waals surface area (Å²) in [5.74, 6) is 1.32.